The van der Waals surface area contributed by atoms with E-state index in [0.29, 0.717) is 24.3 Å². The second kappa shape index (κ2) is 6.43. The first kappa shape index (κ1) is 14.3. The summed E-state index contributed by atoms with van der Waals surface area (Å²) in [5.74, 6) is 0.0394. The molecule has 1 saturated carbocycles. The monoisotopic (exact) mass is 296 g/mol. The van der Waals surface area contributed by atoms with Crippen molar-refractivity contribution in [1.82, 2.24) is 0 Å². The summed E-state index contributed by atoms with van der Waals surface area (Å²) in [4.78, 5) is 23.9. The van der Waals surface area contributed by atoms with Crippen molar-refractivity contribution in [3.63, 3.8) is 0 Å². The average molecular weight is 296 g/mol. The van der Waals surface area contributed by atoms with E-state index in [1.54, 1.807) is 24.3 Å². The molecule has 0 amide bonds. The van der Waals surface area contributed by atoms with Gasteiger partial charge >= 0.3 is 11.9 Å². The van der Waals surface area contributed by atoms with Gasteiger partial charge in [0.05, 0.1) is 11.8 Å². The highest BCUT2D eigenvalue weighted by Crippen LogP contribution is 2.36. The second-order valence-electron chi connectivity index (χ2n) is 5.33. The first-order valence-corrected chi connectivity index (χ1v) is 7.26. The van der Waals surface area contributed by atoms with E-state index >= 15 is 0 Å². The van der Waals surface area contributed by atoms with Gasteiger partial charge in [-0.15, -0.1) is 0 Å². The molecule has 4 nitrogen and oxygen atoms in total. The lowest BCUT2D eigenvalue weighted by Crippen LogP contribution is -2.39. The van der Waals surface area contributed by atoms with Crippen LogP contribution < -0.4 is 9.47 Å². The van der Waals surface area contributed by atoms with Gasteiger partial charge in [0, 0.05) is 0 Å². The Labute approximate surface area is 128 Å². The number of ether oxygens (including phenoxy) is 2. The third-order valence-corrected chi connectivity index (χ3v) is 3.73. The minimum atomic E-state index is -0.282. The fraction of sp³-hybridized carbons (Fsp3) is 0.222. The number of hydrogen-bond donors (Lipinski definition) is 0. The van der Waals surface area contributed by atoms with Crippen molar-refractivity contribution in [1.29, 1.82) is 0 Å². The Morgan fingerprint density at radius 2 is 1.05 bits per heavy atom. The maximum Gasteiger partial charge on any atom is 0.314 e. The van der Waals surface area contributed by atoms with Crippen molar-refractivity contribution in [2.24, 2.45) is 11.8 Å². The number of benzene rings is 2. The van der Waals surface area contributed by atoms with Gasteiger partial charge in [-0.05, 0) is 37.1 Å². The van der Waals surface area contributed by atoms with Crippen LogP contribution >= 0.6 is 0 Å². The standard InChI is InChI=1S/C18H16O4/c19-17(21-15-7-3-1-4-8-15)13-11-14(12-13)18(20)22-16-9-5-2-6-10-16/h1-10,13-14H,11-12H2. The molecule has 2 aromatic rings. The Kier molecular flexibility index (Phi) is 4.19. The van der Waals surface area contributed by atoms with Gasteiger partial charge < -0.3 is 9.47 Å². The van der Waals surface area contributed by atoms with E-state index in [0.717, 1.165) is 0 Å². The number of carbonyl (C=O) groups is 2. The average Bonchev–Trinajstić information content (AvgIpc) is 2.47. The molecule has 0 bridgehead atoms. The first-order valence-electron chi connectivity index (χ1n) is 7.26. The van der Waals surface area contributed by atoms with Gasteiger partial charge in [-0.1, -0.05) is 36.4 Å². The van der Waals surface area contributed by atoms with Gasteiger partial charge in [0.25, 0.3) is 0 Å². The smallest absolute Gasteiger partial charge is 0.314 e. The molecule has 0 heterocycles. The highest BCUT2D eigenvalue weighted by molar-refractivity contribution is 5.82. The van der Waals surface area contributed by atoms with Crippen LogP contribution in [0.25, 0.3) is 0 Å². The second-order valence-corrected chi connectivity index (χ2v) is 5.33. The fourth-order valence-electron chi connectivity index (χ4n) is 2.38. The largest absolute Gasteiger partial charge is 0.426 e. The lowest BCUT2D eigenvalue weighted by Gasteiger charge is -2.31. The van der Waals surface area contributed by atoms with Crippen molar-refractivity contribution in [3.05, 3.63) is 60.7 Å². The van der Waals surface area contributed by atoms with Crippen molar-refractivity contribution in [3.8, 4) is 11.5 Å². The van der Waals surface area contributed by atoms with E-state index in [2.05, 4.69) is 0 Å². The molecule has 1 aliphatic carbocycles. The molecule has 2 aromatic carbocycles. The predicted octanol–water partition coefficient (Wildman–Crippen LogP) is 3.22. The number of carbonyl (C=O) groups excluding carboxylic acids is 2. The van der Waals surface area contributed by atoms with Gasteiger partial charge in [0.15, 0.2) is 0 Å². The Morgan fingerprint density at radius 3 is 1.41 bits per heavy atom. The molecular formula is C18H16O4. The molecule has 0 aromatic heterocycles. The molecule has 0 saturated heterocycles. The summed E-state index contributed by atoms with van der Waals surface area (Å²) < 4.78 is 10.5. The zero-order valence-electron chi connectivity index (χ0n) is 12.0. The van der Waals surface area contributed by atoms with Gasteiger partial charge in [0.1, 0.15) is 11.5 Å². The summed E-state index contributed by atoms with van der Waals surface area (Å²) in [6, 6.07) is 17.9. The third kappa shape index (κ3) is 3.34. The van der Waals surface area contributed by atoms with Crippen molar-refractivity contribution < 1.29 is 19.1 Å². The van der Waals surface area contributed by atoms with Crippen LogP contribution in [0.5, 0.6) is 11.5 Å². The molecule has 4 heteroatoms. The zero-order chi connectivity index (χ0) is 15.4. The number of para-hydroxylation sites is 2. The highest BCUT2D eigenvalue weighted by atomic mass is 16.5. The fourth-order valence-corrected chi connectivity index (χ4v) is 2.38. The Bertz CT molecular complexity index is 588. The van der Waals surface area contributed by atoms with E-state index in [1.165, 1.54) is 0 Å². The lowest BCUT2D eigenvalue weighted by atomic mass is 9.75. The van der Waals surface area contributed by atoms with Crippen LogP contribution in [-0.4, -0.2) is 11.9 Å². The maximum atomic E-state index is 11.9. The van der Waals surface area contributed by atoms with Gasteiger partial charge in [-0.25, -0.2) is 0 Å². The minimum absolute atomic E-state index is 0.228. The summed E-state index contributed by atoms with van der Waals surface area (Å²) in [6.45, 7) is 0. The molecular weight excluding hydrogens is 280 g/mol. The molecule has 0 unspecified atom stereocenters. The van der Waals surface area contributed by atoms with Gasteiger partial charge in [-0.2, -0.15) is 0 Å². The van der Waals surface area contributed by atoms with E-state index in [4.69, 9.17) is 9.47 Å². The van der Waals surface area contributed by atoms with Crippen LogP contribution in [0.15, 0.2) is 60.7 Å². The normalized spacial score (nSPS) is 19.8. The maximum absolute atomic E-state index is 11.9. The van der Waals surface area contributed by atoms with Crippen LogP contribution in [0.2, 0.25) is 0 Å². The first-order chi connectivity index (χ1) is 10.7. The molecule has 1 aliphatic rings. The number of esters is 2. The Hall–Kier alpha value is -2.62. The van der Waals surface area contributed by atoms with Crippen molar-refractivity contribution in [2.75, 3.05) is 0 Å². The van der Waals surface area contributed by atoms with Crippen LogP contribution in [-0.2, 0) is 9.59 Å². The molecule has 0 spiro atoms. The van der Waals surface area contributed by atoms with E-state index in [-0.39, 0.29) is 23.8 Å². The summed E-state index contributed by atoms with van der Waals surface area (Å²) >= 11 is 0. The molecule has 0 N–H and O–H groups in total. The lowest BCUT2D eigenvalue weighted by molar-refractivity contribution is -0.151. The summed E-state index contributed by atoms with van der Waals surface area (Å²) in [7, 11) is 0. The topological polar surface area (TPSA) is 52.6 Å². The Balaban J connectivity index is 1.47. The molecule has 3 rings (SSSR count). The van der Waals surface area contributed by atoms with Crippen LogP contribution in [0, 0.1) is 11.8 Å². The minimum Gasteiger partial charge on any atom is -0.426 e. The van der Waals surface area contributed by atoms with Crippen LogP contribution in [0.1, 0.15) is 12.8 Å². The zero-order valence-corrected chi connectivity index (χ0v) is 12.0. The number of rotatable bonds is 4. The van der Waals surface area contributed by atoms with Crippen LogP contribution in [0.3, 0.4) is 0 Å². The van der Waals surface area contributed by atoms with Crippen LogP contribution in [0.4, 0.5) is 0 Å². The van der Waals surface area contributed by atoms with Gasteiger partial charge in [0.2, 0.25) is 0 Å². The predicted molar refractivity (Wildman–Crippen MR) is 80.4 cm³/mol. The summed E-state index contributed by atoms with van der Waals surface area (Å²) in [6.07, 6.45) is 0.967. The Morgan fingerprint density at radius 1 is 0.682 bits per heavy atom. The van der Waals surface area contributed by atoms with Crippen molar-refractivity contribution in [2.45, 2.75) is 12.8 Å². The summed E-state index contributed by atoms with van der Waals surface area (Å²) in [5.41, 5.74) is 0. The molecule has 1 fully saturated rings. The van der Waals surface area contributed by atoms with E-state index in [1.807, 2.05) is 36.4 Å². The highest BCUT2D eigenvalue weighted by Gasteiger charge is 2.41. The quantitative estimate of drug-likeness (QED) is 0.642. The van der Waals surface area contributed by atoms with E-state index < -0.39 is 0 Å². The molecule has 0 aliphatic heterocycles. The van der Waals surface area contributed by atoms with E-state index in [9.17, 15) is 9.59 Å². The molecule has 22 heavy (non-hydrogen) atoms. The number of hydrogen-bond acceptors (Lipinski definition) is 4. The summed E-state index contributed by atoms with van der Waals surface area (Å²) in [5, 5.41) is 0. The molecule has 112 valence electrons. The molecule has 0 atom stereocenters. The third-order valence-electron chi connectivity index (χ3n) is 3.73. The SMILES string of the molecule is O=C(Oc1ccccc1)C1CC(C(=O)Oc2ccccc2)C1. The van der Waals surface area contributed by atoms with Gasteiger partial charge in [-0.3, -0.25) is 9.59 Å². The van der Waals surface area contributed by atoms with Crippen molar-refractivity contribution >= 4 is 11.9 Å². The molecule has 0 radical (unpaired) electrons.